The molecule has 0 amide bonds. The molecule has 0 saturated carbocycles. The van der Waals surface area contributed by atoms with E-state index in [4.69, 9.17) is 0 Å². The number of rotatable bonds is 5. The molecule has 0 aliphatic rings. The molecule has 0 atom stereocenters. The molecule has 0 radical (unpaired) electrons. The molecule has 1 aromatic carbocycles. The number of halogens is 2. The molecule has 2 rings (SSSR count). The molecule has 0 fully saturated rings. The van der Waals surface area contributed by atoms with Crippen molar-refractivity contribution >= 4 is 31.9 Å². The number of hydrogen-bond donors (Lipinski definition) is 0. The predicted molar refractivity (Wildman–Crippen MR) is 82.1 cm³/mol. The Bertz CT molecular complexity index is 520. The Morgan fingerprint density at radius 1 is 1.22 bits per heavy atom. The summed E-state index contributed by atoms with van der Waals surface area (Å²) in [4.78, 5) is 0. The van der Waals surface area contributed by atoms with Gasteiger partial charge in [0.1, 0.15) is 0 Å². The van der Waals surface area contributed by atoms with Gasteiger partial charge in [-0.05, 0) is 18.1 Å². The average molecular weight is 372 g/mol. The van der Waals surface area contributed by atoms with Gasteiger partial charge >= 0.3 is 0 Å². The van der Waals surface area contributed by atoms with E-state index in [0.717, 1.165) is 29.2 Å². The molecule has 2 aromatic rings. The Kier molecular flexibility index (Phi) is 5.01. The highest BCUT2D eigenvalue weighted by molar-refractivity contribution is 9.10. The van der Waals surface area contributed by atoms with Crippen molar-refractivity contribution in [1.82, 2.24) is 9.78 Å². The van der Waals surface area contributed by atoms with Crippen molar-refractivity contribution in [3.8, 4) is 0 Å². The summed E-state index contributed by atoms with van der Waals surface area (Å²) in [5.74, 6) is 0. The standard InChI is InChI=1S/C14H16Br2N2/c1-2-5-14-12(8-15)9-17-18(14)10-11-6-3-4-7-13(11)16/h3-4,6-7,9H,2,5,8,10H2,1H3. The summed E-state index contributed by atoms with van der Waals surface area (Å²) in [7, 11) is 0. The third-order valence-electron chi connectivity index (χ3n) is 2.94. The van der Waals surface area contributed by atoms with E-state index in [9.17, 15) is 0 Å². The van der Waals surface area contributed by atoms with Crippen LogP contribution in [0.25, 0.3) is 0 Å². The van der Waals surface area contributed by atoms with Crippen LogP contribution in [0.15, 0.2) is 34.9 Å². The summed E-state index contributed by atoms with van der Waals surface area (Å²) < 4.78 is 3.25. The molecule has 0 saturated heterocycles. The highest BCUT2D eigenvalue weighted by atomic mass is 79.9. The SMILES string of the molecule is CCCc1c(CBr)cnn1Cc1ccccc1Br. The maximum Gasteiger partial charge on any atom is 0.0673 e. The van der Waals surface area contributed by atoms with Gasteiger partial charge in [0.2, 0.25) is 0 Å². The quantitative estimate of drug-likeness (QED) is 0.705. The molecule has 0 N–H and O–H groups in total. The van der Waals surface area contributed by atoms with E-state index in [1.54, 1.807) is 0 Å². The van der Waals surface area contributed by atoms with Crippen molar-refractivity contribution in [3.05, 3.63) is 51.8 Å². The molecule has 0 aliphatic heterocycles. The third-order valence-corrected chi connectivity index (χ3v) is 4.32. The topological polar surface area (TPSA) is 17.8 Å². The summed E-state index contributed by atoms with van der Waals surface area (Å²) in [5, 5.41) is 5.38. The Hall–Kier alpha value is -0.610. The van der Waals surface area contributed by atoms with Crippen molar-refractivity contribution in [2.75, 3.05) is 0 Å². The maximum absolute atomic E-state index is 4.51. The van der Waals surface area contributed by atoms with Crippen molar-refractivity contribution in [2.45, 2.75) is 31.6 Å². The van der Waals surface area contributed by atoms with E-state index in [1.807, 2.05) is 12.3 Å². The molecule has 1 heterocycles. The van der Waals surface area contributed by atoms with E-state index < -0.39 is 0 Å². The average Bonchev–Trinajstić information content (AvgIpc) is 2.75. The first-order valence-corrected chi connectivity index (χ1v) is 8.00. The minimum absolute atomic E-state index is 0.823. The highest BCUT2D eigenvalue weighted by Gasteiger charge is 2.10. The summed E-state index contributed by atoms with van der Waals surface area (Å²) in [6.07, 6.45) is 4.18. The fourth-order valence-corrected chi connectivity index (χ4v) is 2.89. The fourth-order valence-electron chi connectivity index (χ4n) is 2.01. The highest BCUT2D eigenvalue weighted by Crippen LogP contribution is 2.20. The van der Waals surface area contributed by atoms with Crippen molar-refractivity contribution < 1.29 is 0 Å². The second kappa shape index (κ2) is 6.53. The maximum atomic E-state index is 4.51. The van der Waals surface area contributed by atoms with Crippen LogP contribution >= 0.6 is 31.9 Å². The molecule has 0 aliphatic carbocycles. The van der Waals surface area contributed by atoms with E-state index >= 15 is 0 Å². The van der Waals surface area contributed by atoms with Gasteiger partial charge in [-0.1, -0.05) is 63.4 Å². The van der Waals surface area contributed by atoms with Crippen LogP contribution in [-0.2, 0) is 18.3 Å². The van der Waals surface area contributed by atoms with Crippen LogP contribution in [0.4, 0.5) is 0 Å². The first-order chi connectivity index (χ1) is 8.76. The van der Waals surface area contributed by atoms with Gasteiger partial charge in [0, 0.05) is 21.1 Å². The lowest BCUT2D eigenvalue weighted by atomic mass is 10.1. The molecule has 96 valence electrons. The van der Waals surface area contributed by atoms with Gasteiger partial charge < -0.3 is 0 Å². The van der Waals surface area contributed by atoms with Gasteiger partial charge in [0.25, 0.3) is 0 Å². The van der Waals surface area contributed by atoms with E-state index in [0.29, 0.717) is 0 Å². The predicted octanol–water partition coefficient (Wildman–Crippen LogP) is 4.54. The summed E-state index contributed by atoms with van der Waals surface area (Å²) in [6.45, 7) is 3.03. The zero-order valence-corrected chi connectivity index (χ0v) is 13.5. The molecule has 0 unspecified atom stereocenters. The Balaban J connectivity index is 2.29. The molecule has 0 bridgehead atoms. The first kappa shape index (κ1) is 13.8. The van der Waals surface area contributed by atoms with E-state index in [-0.39, 0.29) is 0 Å². The van der Waals surface area contributed by atoms with Crippen LogP contribution in [0.1, 0.15) is 30.2 Å². The number of alkyl halides is 1. The molecule has 0 spiro atoms. The van der Waals surface area contributed by atoms with Crippen LogP contribution in [-0.4, -0.2) is 9.78 Å². The van der Waals surface area contributed by atoms with E-state index in [2.05, 4.69) is 66.8 Å². The Morgan fingerprint density at radius 3 is 2.67 bits per heavy atom. The minimum Gasteiger partial charge on any atom is -0.265 e. The largest absolute Gasteiger partial charge is 0.265 e. The Labute approximate surface area is 125 Å². The minimum atomic E-state index is 0.823. The lowest BCUT2D eigenvalue weighted by Gasteiger charge is -2.09. The van der Waals surface area contributed by atoms with Crippen molar-refractivity contribution in [1.29, 1.82) is 0 Å². The second-order valence-electron chi connectivity index (χ2n) is 4.25. The van der Waals surface area contributed by atoms with Crippen LogP contribution in [0, 0.1) is 0 Å². The van der Waals surface area contributed by atoms with Gasteiger partial charge in [0.05, 0.1) is 12.7 Å². The van der Waals surface area contributed by atoms with Crippen molar-refractivity contribution in [3.63, 3.8) is 0 Å². The monoisotopic (exact) mass is 370 g/mol. The Morgan fingerprint density at radius 2 is 2.00 bits per heavy atom. The summed E-state index contributed by atoms with van der Waals surface area (Å²) in [5.41, 5.74) is 3.90. The molecule has 1 aromatic heterocycles. The third kappa shape index (κ3) is 3.04. The lowest BCUT2D eigenvalue weighted by molar-refractivity contribution is 0.634. The summed E-state index contributed by atoms with van der Waals surface area (Å²) in [6, 6.07) is 8.31. The van der Waals surface area contributed by atoms with Gasteiger partial charge in [-0.2, -0.15) is 5.10 Å². The molecule has 4 heteroatoms. The molecule has 2 nitrogen and oxygen atoms in total. The van der Waals surface area contributed by atoms with Crippen LogP contribution in [0.3, 0.4) is 0 Å². The molecule has 18 heavy (non-hydrogen) atoms. The first-order valence-electron chi connectivity index (χ1n) is 6.09. The van der Waals surface area contributed by atoms with E-state index in [1.165, 1.54) is 16.8 Å². The van der Waals surface area contributed by atoms with Crippen LogP contribution < -0.4 is 0 Å². The van der Waals surface area contributed by atoms with Gasteiger partial charge in [0.15, 0.2) is 0 Å². The second-order valence-corrected chi connectivity index (χ2v) is 5.66. The number of aromatic nitrogens is 2. The smallest absolute Gasteiger partial charge is 0.0673 e. The number of nitrogens with zero attached hydrogens (tertiary/aromatic N) is 2. The van der Waals surface area contributed by atoms with Gasteiger partial charge in [-0.25, -0.2) is 0 Å². The zero-order valence-electron chi connectivity index (χ0n) is 10.4. The zero-order chi connectivity index (χ0) is 13.0. The number of hydrogen-bond acceptors (Lipinski definition) is 1. The lowest BCUT2D eigenvalue weighted by Crippen LogP contribution is -2.07. The van der Waals surface area contributed by atoms with Gasteiger partial charge in [-0.3, -0.25) is 4.68 Å². The normalized spacial score (nSPS) is 10.8. The summed E-state index contributed by atoms with van der Waals surface area (Å²) >= 11 is 7.12. The van der Waals surface area contributed by atoms with Crippen LogP contribution in [0.2, 0.25) is 0 Å². The van der Waals surface area contributed by atoms with Crippen molar-refractivity contribution in [2.24, 2.45) is 0 Å². The fraction of sp³-hybridized carbons (Fsp3) is 0.357. The molecular weight excluding hydrogens is 356 g/mol. The van der Waals surface area contributed by atoms with Crippen LogP contribution in [0.5, 0.6) is 0 Å². The van der Waals surface area contributed by atoms with Gasteiger partial charge in [-0.15, -0.1) is 0 Å². The number of benzene rings is 1. The molecular formula is C14H16Br2N2.